The van der Waals surface area contributed by atoms with Crippen LogP contribution in [0.2, 0.25) is 0 Å². The molecule has 0 saturated heterocycles. The summed E-state index contributed by atoms with van der Waals surface area (Å²) in [6, 6.07) is 7.65. The molecule has 1 aromatic carbocycles. The minimum atomic E-state index is 0. The van der Waals surface area contributed by atoms with E-state index in [0.717, 1.165) is 46.6 Å². The van der Waals surface area contributed by atoms with E-state index in [0.29, 0.717) is 18.9 Å². The maximum absolute atomic E-state index is 5.19. The zero-order chi connectivity index (χ0) is 20.8. The van der Waals surface area contributed by atoms with Crippen molar-refractivity contribution in [3.05, 3.63) is 47.0 Å². The van der Waals surface area contributed by atoms with E-state index in [-0.39, 0.29) is 24.0 Å². The molecule has 0 aliphatic carbocycles. The zero-order valence-corrected chi connectivity index (χ0v) is 20.3. The van der Waals surface area contributed by atoms with Crippen molar-refractivity contribution in [1.82, 2.24) is 35.6 Å². The van der Waals surface area contributed by atoms with Crippen LogP contribution in [0.15, 0.2) is 29.3 Å². The first kappa shape index (κ1) is 23.6. The Balaban J connectivity index is 0.00000320. The van der Waals surface area contributed by atoms with E-state index >= 15 is 0 Å². The number of hydrogen-bond donors (Lipinski definition) is 3. The fourth-order valence-electron chi connectivity index (χ4n) is 2.96. The van der Waals surface area contributed by atoms with Crippen molar-refractivity contribution in [2.24, 2.45) is 12.0 Å². The standard InChI is InChI=1S/C20H28N8O.HI/c1-6-21-20(22-11-17-13(2)27-28(4)14(17)3)23-12-18-24-19(26-25-18)15-7-9-16(29-5)10-8-15;/h7-10H,6,11-12H2,1-5H3,(H2,21,22,23)(H,24,25,26);1H. The fourth-order valence-corrected chi connectivity index (χ4v) is 2.96. The Morgan fingerprint density at radius 3 is 2.53 bits per heavy atom. The highest BCUT2D eigenvalue weighted by atomic mass is 127. The van der Waals surface area contributed by atoms with Crippen LogP contribution in [0, 0.1) is 13.8 Å². The lowest BCUT2D eigenvalue weighted by molar-refractivity contribution is 0.415. The molecule has 0 aliphatic rings. The molecule has 162 valence electrons. The van der Waals surface area contributed by atoms with Gasteiger partial charge in [-0.25, -0.2) is 9.98 Å². The Morgan fingerprint density at radius 2 is 1.93 bits per heavy atom. The lowest BCUT2D eigenvalue weighted by Crippen LogP contribution is -2.37. The third-order valence-corrected chi connectivity index (χ3v) is 4.70. The monoisotopic (exact) mass is 524 g/mol. The Kier molecular flexibility index (Phi) is 8.63. The fraction of sp³-hybridized carbons (Fsp3) is 0.400. The third kappa shape index (κ3) is 5.71. The number of H-pyrrole nitrogens is 1. The van der Waals surface area contributed by atoms with Crippen molar-refractivity contribution in [2.45, 2.75) is 33.9 Å². The van der Waals surface area contributed by atoms with E-state index < -0.39 is 0 Å². The number of methoxy groups -OCH3 is 1. The summed E-state index contributed by atoms with van der Waals surface area (Å²) in [5.74, 6) is 2.90. The third-order valence-electron chi connectivity index (χ3n) is 4.70. The van der Waals surface area contributed by atoms with Crippen LogP contribution in [-0.2, 0) is 20.1 Å². The number of nitrogens with zero attached hydrogens (tertiary/aromatic N) is 5. The summed E-state index contributed by atoms with van der Waals surface area (Å²) in [6.45, 7) is 7.92. The van der Waals surface area contributed by atoms with Crippen LogP contribution in [0.1, 0.15) is 29.7 Å². The summed E-state index contributed by atoms with van der Waals surface area (Å²) in [5.41, 5.74) is 4.20. The SMILES string of the molecule is CCNC(=NCc1c(C)nn(C)c1C)NCc1nc(-c2ccc(OC)cc2)n[nH]1.I. The molecule has 0 fully saturated rings. The number of aromatic nitrogens is 5. The smallest absolute Gasteiger partial charge is 0.191 e. The van der Waals surface area contributed by atoms with Gasteiger partial charge in [-0.15, -0.1) is 24.0 Å². The van der Waals surface area contributed by atoms with Crippen LogP contribution >= 0.6 is 24.0 Å². The Bertz CT molecular complexity index is 977. The van der Waals surface area contributed by atoms with Crippen molar-refractivity contribution >= 4 is 29.9 Å². The van der Waals surface area contributed by atoms with Gasteiger partial charge in [-0.3, -0.25) is 9.78 Å². The van der Waals surface area contributed by atoms with Crippen LogP contribution in [0.3, 0.4) is 0 Å². The molecule has 0 saturated carbocycles. The molecular weight excluding hydrogens is 495 g/mol. The topological polar surface area (TPSA) is 105 Å². The first-order valence-corrected chi connectivity index (χ1v) is 9.58. The Labute approximate surface area is 193 Å². The quantitative estimate of drug-likeness (QED) is 0.250. The van der Waals surface area contributed by atoms with Gasteiger partial charge >= 0.3 is 0 Å². The van der Waals surface area contributed by atoms with Crippen LogP contribution in [0.5, 0.6) is 5.75 Å². The van der Waals surface area contributed by atoms with Gasteiger partial charge in [0, 0.05) is 30.4 Å². The number of benzene rings is 1. The van der Waals surface area contributed by atoms with Gasteiger partial charge < -0.3 is 15.4 Å². The minimum absolute atomic E-state index is 0. The molecular formula is C20H29IN8O. The van der Waals surface area contributed by atoms with E-state index in [4.69, 9.17) is 4.74 Å². The first-order chi connectivity index (χ1) is 14.0. The summed E-state index contributed by atoms with van der Waals surface area (Å²) in [6.07, 6.45) is 0. The second-order valence-electron chi connectivity index (χ2n) is 6.66. The highest BCUT2D eigenvalue weighted by Gasteiger charge is 2.10. The number of nitrogens with one attached hydrogen (secondary N) is 3. The van der Waals surface area contributed by atoms with Crippen LogP contribution in [0.25, 0.3) is 11.4 Å². The zero-order valence-electron chi connectivity index (χ0n) is 18.0. The molecule has 2 aromatic heterocycles. The number of aliphatic imine (C=N–C) groups is 1. The predicted octanol–water partition coefficient (Wildman–Crippen LogP) is 2.70. The summed E-state index contributed by atoms with van der Waals surface area (Å²) in [5, 5.41) is 18.3. The molecule has 0 amide bonds. The number of rotatable bonds is 7. The maximum atomic E-state index is 5.19. The molecule has 3 aromatic rings. The molecule has 30 heavy (non-hydrogen) atoms. The van der Waals surface area contributed by atoms with Gasteiger partial charge in [0.05, 0.1) is 25.9 Å². The van der Waals surface area contributed by atoms with Gasteiger partial charge in [-0.1, -0.05) is 0 Å². The van der Waals surface area contributed by atoms with Gasteiger partial charge in [-0.2, -0.15) is 10.2 Å². The summed E-state index contributed by atoms with van der Waals surface area (Å²) < 4.78 is 7.07. The van der Waals surface area contributed by atoms with Gasteiger partial charge in [0.15, 0.2) is 11.8 Å². The second kappa shape index (κ2) is 11.0. The molecule has 0 atom stereocenters. The number of aromatic amines is 1. The van der Waals surface area contributed by atoms with Crippen molar-refractivity contribution in [3.63, 3.8) is 0 Å². The normalized spacial score (nSPS) is 11.2. The molecule has 3 rings (SSSR count). The average Bonchev–Trinajstić information content (AvgIpc) is 3.29. The van der Waals surface area contributed by atoms with Crippen molar-refractivity contribution in [1.29, 1.82) is 0 Å². The number of aryl methyl sites for hydroxylation is 2. The van der Waals surface area contributed by atoms with Gasteiger partial charge in [-0.05, 0) is 45.0 Å². The molecule has 0 unspecified atom stereocenters. The Morgan fingerprint density at radius 1 is 1.20 bits per heavy atom. The van der Waals surface area contributed by atoms with Gasteiger partial charge in [0.2, 0.25) is 0 Å². The number of guanidine groups is 1. The van der Waals surface area contributed by atoms with Crippen molar-refractivity contribution in [2.75, 3.05) is 13.7 Å². The molecule has 0 aliphatic heterocycles. The Hall–Kier alpha value is -2.63. The van der Waals surface area contributed by atoms with E-state index in [1.807, 2.05) is 49.8 Å². The molecule has 3 N–H and O–H groups in total. The number of hydrogen-bond acceptors (Lipinski definition) is 5. The second-order valence-corrected chi connectivity index (χ2v) is 6.66. The molecule has 0 bridgehead atoms. The number of ether oxygens (including phenoxy) is 1. The lowest BCUT2D eigenvalue weighted by atomic mass is 10.2. The van der Waals surface area contributed by atoms with E-state index in [1.54, 1.807) is 7.11 Å². The molecule has 9 nitrogen and oxygen atoms in total. The largest absolute Gasteiger partial charge is 0.497 e. The van der Waals surface area contributed by atoms with Crippen LogP contribution < -0.4 is 15.4 Å². The molecule has 10 heteroatoms. The van der Waals surface area contributed by atoms with E-state index in [2.05, 4.69) is 42.8 Å². The number of halogens is 1. The molecule has 0 spiro atoms. The highest BCUT2D eigenvalue weighted by Crippen LogP contribution is 2.19. The highest BCUT2D eigenvalue weighted by molar-refractivity contribution is 14.0. The molecule has 0 radical (unpaired) electrons. The average molecular weight is 524 g/mol. The van der Waals surface area contributed by atoms with Crippen molar-refractivity contribution < 1.29 is 4.74 Å². The predicted molar refractivity (Wildman–Crippen MR) is 128 cm³/mol. The lowest BCUT2D eigenvalue weighted by Gasteiger charge is -2.10. The molecule has 2 heterocycles. The maximum Gasteiger partial charge on any atom is 0.191 e. The summed E-state index contributed by atoms with van der Waals surface area (Å²) >= 11 is 0. The van der Waals surface area contributed by atoms with Crippen LogP contribution in [0.4, 0.5) is 0 Å². The first-order valence-electron chi connectivity index (χ1n) is 9.58. The summed E-state index contributed by atoms with van der Waals surface area (Å²) in [4.78, 5) is 9.23. The van der Waals surface area contributed by atoms with Crippen LogP contribution in [-0.4, -0.2) is 44.6 Å². The van der Waals surface area contributed by atoms with Gasteiger partial charge in [0.25, 0.3) is 0 Å². The minimum Gasteiger partial charge on any atom is -0.497 e. The van der Waals surface area contributed by atoms with E-state index in [1.165, 1.54) is 0 Å². The van der Waals surface area contributed by atoms with Gasteiger partial charge in [0.1, 0.15) is 11.6 Å². The van der Waals surface area contributed by atoms with Crippen molar-refractivity contribution in [3.8, 4) is 17.1 Å². The van der Waals surface area contributed by atoms with E-state index in [9.17, 15) is 0 Å². The summed E-state index contributed by atoms with van der Waals surface area (Å²) in [7, 11) is 3.59.